The quantitative estimate of drug-likeness (QED) is 0.554. The van der Waals surface area contributed by atoms with Gasteiger partial charge in [-0.25, -0.2) is 9.37 Å². The van der Waals surface area contributed by atoms with Crippen LogP contribution in [0, 0.1) is 5.82 Å². The smallest absolute Gasteiger partial charge is 0.240 e. The Morgan fingerprint density at radius 2 is 2.00 bits per heavy atom. The second kappa shape index (κ2) is 9.07. The fraction of sp³-hybridized carbons (Fsp3) is 0.364. The molecule has 3 N–H and O–H groups in total. The van der Waals surface area contributed by atoms with Crippen molar-refractivity contribution in [1.82, 2.24) is 9.88 Å². The van der Waals surface area contributed by atoms with Gasteiger partial charge in [0.25, 0.3) is 0 Å². The number of aliphatic hydroxyl groups excluding tert-OH is 1. The largest absolute Gasteiger partial charge is 0.508 e. The Morgan fingerprint density at radius 1 is 1.20 bits per heavy atom. The molecule has 0 aliphatic heterocycles. The van der Waals surface area contributed by atoms with Gasteiger partial charge in [0.15, 0.2) is 5.13 Å². The number of aromatic nitrogens is 1. The number of amides is 1. The van der Waals surface area contributed by atoms with Gasteiger partial charge in [0, 0.05) is 12.6 Å². The molecule has 1 fully saturated rings. The SMILES string of the molecule is O=C(CN(Cc1cccc(O)c1)C1CCC(O)CC1)Nc1nc2ccc(F)cc2s1. The third kappa shape index (κ3) is 5.13. The Balaban J connectivity index is 1.47. The number of aliphatic hydroxyl groups is 1. The number of phenols is 1. The maximum atomic E-state index is 13.4. The maximum Gasteiger partial charge on any atom is 0.240 e. The van der Waals surface area contributed by atoms with Gasteiger partial charge in [-0.1, -0.05) is 23.5 Å². The molecule has 0 saturated heterocycles. The minimum atomic E-state index is -0.333. The summed E-state index contributed by atoms with van der Waals surface area (Å²) in [4.78, 5) is 19.2. The molecule has 0 bridgehead atoms. The zero-order valence-electron chi connectivity index (χ0n) is 16.4. The summed E-state index contributed by atoms with van der Waals surface area (Å²) in [6, 6.07) is 11.5. The van der Waals surface area contributed by atoms with Crippen molar-refractivity contribution in [2.45, 2.75) is 44.4 Å². The van der Waals surface area contributed by atoms with Crippen LogP contribution in [0.1, 0.15) is 31.2 Å². The lowest BCUT2D eigenvalue weighted by atomic mass is 9.91. The number of benzene rings is 2. The van der Waals surface area contributed by atoms with E-state index in [2.05, 4.69) is 15.2 Å². The number of anilines is 1. The highest BCUT2D eigenvalue weighted by molar-refractivity contribution is 7.22. The normalized spacial score (nSPS) is 19.3. The van der Waals surface area contributed by atoms with Crippen molar-refractivity contribution in [3.8, 4) is 5.75 Å². The zero-order valence-corrected chi connectivity index (χ0v) is 17.2. The van der Waals surface area contributed by atoms with Crippen LogP contribution in [0.4, 0.5) is 9.52 Å². The van der Waals surface area contributed by atoms with Crippen LogP contribution in [0.2, 0.25) is 0 Å². The van der Waals surface area contributed by atoms with E-state index in [0.29, 0.717) is 34.7 Å². The molecule has 6 nitrogen and oxygen atoms in total. The Labute approximate surface area is 178 Å². The Kier molecular flexibility index (Phi) is 6.26. The Hall–Kier alpha value is -2.55. The number of aromatic hydroxyl groups is 1. The van der Waals surface area contributed by atoms with Crippen molar-refractivity contribution in [2.24, 2.45) is 0 Å². The third-order valence-corrected chi connectivity index (χ3v) is 6.36. The zero-order chi connectivity index (χ0) is 21.1. The monoisotopic (exact) mass is 429 g/mol. The Morgan fingerprint density at radius 3 is 2.77 bits per heavy atom. The molecular weight excluding hydrogens is 405 g/mol. The average Bonchev–Trinajstić information content (AvgIpc) is 3.09. The molecule has 1 aromatic heterocycles. The molecule has 0 radical (unpaired) electrons. The maximum absolute atomic E-state index is 13.4. The number of hydrogen-bond acceptors (Lipinski definition) is 6. The van der Waals surface area contributed by atoms with E-state index in [1.54, 1.807) is 24.3 Å². The number of thiazole rings is 1. The summed E-state index contributed by atoms with van der Waals surface area (Å²) in [5.41, 5.74) is 1.57. The number of nitrogens with one attached hydrogen (secondary N) is 1. The number of fused-ring (bicyclic) bond motifs is 1. The molecule has 1 aliphatic carbocycles. The summed E-state index contributed by atoms with van der Waals surface area (Å²) < 4.78 is 14.1. The molecule has 30 heavy (non-hydrogen) atoms. The summed E-state index contributed by atoms with van der Waals surface area (Å²) in [5, 5.41) is 22.9. The van der Waals surface area contributed by atoms with Crippen LogP contribution < -0.4 is 5.32 Å². The van der Waals surface area contributed by atoms with E-state index in [1.807, 2.05) is 6.07 Å². The Bertz CT molecular complexity index is 1030. The van der Waals surface area contributed by atoms with Gasteiger partial charge in [-0.3, -0.25) is 9.69 Å². The number of rotatable bonds is 6. The molecule has 0 spiro atoms. The predicted molar refractivity (Wildman–Crippen MR) is 115 cm³/mol. The molecule has 1 heterocycles. The van der Waals surface area contributed by atoms with Crippen molar-refractivity contribution in [1.29, 1.82) is 0 Å². The minimum absolute atomic E-state index is 0.167. The highest BCUT2D eigenvalue weighted by Gasteiger charge is 2.26. The number of phenolic OH excluding ortho intramolecular Hbond substituents is 1. The molecule has 4 rings (SSSR count). The lowest BCUT2D eigenvalue weighted by Crippen LogP contribution is -2.42. The van der Waals surface area contributed by atoms with E-state index in [4.69, 9.17) is 0 Å². The first kappa shape index (κ1) is 20.7. The molecular formula is C22H24FN3O3S. The van der Waals surface area contributed by atoms with Crippen molar-refractivity contribution < 1.29 is 19.4 Å². The van der Waals surface area contributed by atoms with Crippen LogP contribution in [0.25, 0.3) is 10.2 Å². The van der Waals surface area contributed by atoms with Crippen LogP contribution >= 0.6 is 11.3 Å². The molecule has 2 aromatic carbocycles. The van der Waals surface area contributed by atoms with Gasteiger partial charge in [0.2, 0.25) is 5.91 Å². The third-order valence-electron chi connectivity index (χ3n) is 5.42. The fourth-order valence-corrected chi connectivity index (χ4v) is 4.83. The van der Waals surface area contributed by atoms with Crippen LogP contribution in [-0.2, 0) is 11.3 Å². The molecule has 1 saturated carbocycles. The van der Waals surface area contributed by atoms with E-state index < -0.39 is 0 Å². The second-order valence-corrected chi connectivity index (χ2v) is 8.75. The topological polar surface area (TPSA) is 85.7 Å². The van der Waals surface area contributed by atoms with Crippen LogP contribution in [0.5, 0.6) is 5.75 Å². The van der Waals surface area contributed by atoms with E-state index >= 15 is 0 Å². The van der Waals surface area contributed by atoms with Crippen molar-refractivity contribution in [2.75, 3.05) is 11.9 Å². The van der Waals surface area contributed by atoms with Crippen molar-refractivity contribution in [3.05, 3.63) is 53.8 Å². The lowest BCUT2D eigenvalue weighted by molar-refractivity contribution is -0.118. The second-order valence-electron chi connectivity index (χ2n) is 7.72. The highest BCUT2D eigenvalue weighted by Crippen LogP contribution is 2.28. The molecule has 158 valence electrons. The first-order valence-electron chi connectivity index (χ1n) is 10.0. The molecule has 1 aliphatic rings. The first-order chi connectivity index (χ1) is 14.5. The number of halogens is 1. The molecule has 0 unspecified atom stereocenters. The highest BCUT2D eigenvalue weighted by atomic mass is 32.1. The van der Waals surface area contributed by atoms with Gasteiger partial charge >= 0.3 is 0 Å². The summed E-state index contributed by atoms with van der Waals surface area (Å²) in [6.07, 6.45) is 2.78. The van der Waals surface area contributed by atoms with Gasteiger partial charge in [-0.05, 0) is 61.6 Å². The summed E-state index contributed by atoms with van der Waals surface area (Å²) in [6.45, 7) is 0.689. The van der Waals surface area contributed by atoms with E-state index in [-0.39, 0.29) is 36.2 Å². The summed E-state index contributed by atoms with van der Waals surface area (Å²) in [7, 11) is 0. The molecule has 0 atom stereocenters. The van der Waals surface area contributed by atoms with Crippen molar-refractivity contribution >= 4 is 32.6 Å². The van der Waals surface area contributed by atoms with Gasteiger partial charge in [0.1, 0.15) is 11.6 Å². The van der Waals surface area contributed by atoms with Crippen molar-refractivity contribution in [3.63, 3.8) is 0 Å². The lowest BCUT2D eigenvalue weighted by Gasteiger charge is -2.35. The van der Waals surface area contributed by atoms with E-state index in [1.165, 1.54) is 23.5 Å². The first-order valence-corrected chi connectivity index (χ1v) is 10.8. The van der Waals surface area contributed by atoms with Gasteiger partial charge in [0.05, 0.1) is 22.9 Å². The minimum Gasteiger partial charge on any atom is -0.508 e. The van der Waals surface area contributed by atoms with E-state index in [9.17, 15) is 19.4 Å². The molecule has 8 heteroatoms. The summed E-state index contributed by atoms with van der Waals surface area (Å²) >= 11 is 1.24. The van der Waals surface area contributed by atoms with Crippen LogP contribution in [0.3, 0.4) is 0 Å². The fourth-order valence-electron chi connectivity index (χ4n) is 3.92. The number of carbonyl (C=O) groups excluding carboxylic acids is 1. The number of hydrogen-bond donors (Lipinski definition) is 3. The van der Waals surface area contributed by atoms with Gasteiger partial charge < -0.3 is 15.5 Å². The van der Waals surface area contributed by atoms with Gasteiger partial charge in [-0.2, -0.15) is 0 Å². The average molecular weight is 430 g/mol. The summed E-state index contributed by atoms with van der Waals surface area (Å²) in [5.74, 6) is -0.334. The predicted octanol–water partition coefficient (Wildman–Crippen LogP) is 3.89. The number of nitrogens with zero attached hydrogens (tertiary/aromatic N) is 2. The van der Waals surface area contributed by atoms with E-state index in [0.717, 1.165) is 18.4 Å². The molecule has 1 amide bonds. The van der Waals surface area contributed by atoms with Crippen LogP contribution in [0.15, 0.2) is 42.5 Å². The van der Waals surface area contributed by atoms with Crippen LogP contribution in [-0.4, -0.2) is 44.7 Å². The molecule has 3 aromatic rings. The van der Waals surface area contributed by atoms with Gasteiger partial charge in [-0.15, -0.1) is 0 Å². The standard InChI is InChI=1S/C22H24FN3O3S/c23-15-4-9-19-20(11-15)30-22(24-19)25-21(29)13-26(16-5-7-17(27)8-6-16)12-14-2-1-3-18(28)10-14/h1-4,9-11,16-17,27-28H,5-8,12-13H2,(H,24,25,29). The number of carbonyl (C=O) groups is 1.